The van der Waals surface area contributed by atoms with Crippen LogP contribution >= 0.6 is 0 Å². The Morgan fingerprint density at radius 2 is 2.16 bits per heavy atom. The molecule has 8 nitrogen and oxygen atoms in total. The molecule has 0 spiro atoms. The maximum absolute atomic E-state index is 14.9. The van der Waals surface area contributed by atoms with E-state index >= 15 is 0 Å². The van der Waals surface area contributed by atoms with Gasteiger partial charge in [-0.2, -0.15) is 10.4 Å². The van der Waals surface area contributed by atoms with Crippen molar-refractivity contribution in [1.29, 1.82) is 5.26 Å². The maximum Gasteiger partial charge on any atom is 0.257 e. The molecule has 9 heteroatoms. The fraction of sp³-hybridized carbons (Fsp3) is 0.182. The van der Waals surface area contributed by atoms with E-state index in [0.29, 0.717) is 33.1 Å². The van der Waals surface area contributed by atoms with Crippen molar-refractivity contribution in [3.05, 3.63) is 59.0 Å². The fourth-order valence-corrected chi connectivity index (χ4v) is 4.07. The van der Waals surface area contributed by atoms with Crippen molar-refractivity contribution in [3.63, 3.8) is 0 Å². The van der Waals surface area contributed by atoms with Crippen molar-refractivity contribution in [1.82, 2.24) is 19.7 Å². The van der Waals surface area contributed by atoms with Gasteiger partial charge >= 0.3 is 0 Å². The SMILES string of the molecule is CN(C(=O)c1cc2c(cc1F)nc(N)c1c2cnn1C)[C@@H]1COc2cc(C#N)ccc21. The van der Waals surface area contributed by atoms with Crippen LogP contribution in [0.25, 0.3) is 21.8 Å². The summed E-state index contributed by atoms with van der Waals surface area (Å²) in [6.07, 6.45) is 1.62. The molecule has 0 bridgehead atoms. The summed E-state index contributed by atoms with van der Waals surface area (Å²) in [7, 11) is 3.35. The third kappa shape index (κ3) is 2.76. The lowest BCUT2D eigenvalue weighted by Crippen LogP contribution is -2.32. The minimum atomic E-state index is -0.682. The minimum absolute atomic E-state index is 0.0752. The Morgan fingerprint density at radius 3 is 2.94 bits per heavy atom. The zero-order chi connectivity index (χ0) is 21.9. The number of nitrogens with two attached hydrogens (primary N) is 1. The molecule has 0 saturated heterocycles. The molecule has 0 saturated carbocycles. The molecule has 4 aromatic rings. The number of anilines is 1. The fourth-order valence-electron chi connectivity index (χ4n) is 4.07. The van der Waals surface area contributed by atoms with E-state index in [9.17, 15) is 9.18 Å². The number of halogens is 1. The number of aryl methyl sites for hydroxylation is 1. The number of aromatic nitrogens is 3. The number of likely N-dealkylation sites (N-methyl/N-ethyl adjacent to an activating group) is 1. The molecule has 0 aliphatic carbocycles. The second-order valence-electron chi connectivity index (χ2n) is 7.48. The number of hydrogen-bond donors (Lipinski definition) is 1. The van der Waals surface area contributed by atoms with Crippen LogP contribution in [-0.2, 0) is 7.05 Å². The molecule has 2 aromatic carbocycles. The van der Waals surface area contributed by atoms with Crippen LogP contribution in [0, 0.1) is 17.1 Å². The van der Waals surface area contributed by atoms with Gasteiger partial charge < -0.3 is 15.4 Å². The lowest BCUT2D eigenvalue weighted by molar-refractivity contribution is 0.0704. The molecular weight excluding hydrogens is 399 g/mol. The normalized spacial score (nSPS) is 15.0. The molecule has 2 aromatic heterocycles. The predicted molar refractivity (Wildman–Crippen MR) is 112 cm³/mol. The summed E-state index contributed by atoms with van der Waals surface area (Å²) in [4.78, 5) is 19.0. The summed E-state index contributed by atoms with van der Waals surface area (Å²) in [6.45, 7) is 0.229. The Kier molecular flexibility index (Phi) is 4.05. The Morgan fingerprint density at radius 1 is 1.35 bits per heavy atom. The number of nitriles is 1. The number of benzene rings is 2. The van der Waals surface area contributed by atoms with Gasteiger partial charge in [0.15, 0.2) is 0 Å². The van der Waals surface area contributed by atoms with E-state index in [4.69, 9.17) is 15.7 Å². The van der Waals surface area contributed by atoms with Crippen LogP contribution in [0.15, 0.2) is 36.5 Å². The molecule has 1 amide bonds. The Labute approximate surface area is 176 Å². The second kappa shape index (κ2) is 6.67. The molecule has 1 atom stereocenters. The van der Waals surface area contributed by atoms with Gasteiger partial charge in [0.1, 0.15) is 29.5 Å². The van der Waals surface area contributed by atoms with Crippen LogP contribution in [0.2, 0.25) is 0 Å². The number of nitrogens with zero attached hydrogens (tertiary/aromatic N) is 5. The van der Waals surface area contributed by atoms with E-state index in [1.165, 1.54) is 17.0 Å². The van der Waals surface area contributed by atoms with Crippen molar-refractivity contribution >= 4 is 33.5 Å². The van der Waals surface area contributed by atoms with Gasteiger partial charge in [0.25, 0.3) is 5.91 Å². The number of carbonyl (C=O) groups excluding carboxylic acids is 1. The molecule has 31 heavy (non-hydrogen) atoms. The summed E-state index contributed by atoms with van der Waals surface area (Å²) in [5, 5.41) is 14.6. The van der Waals surface area contributed by atoms with Gasteiger partial charge in [-0.05, 0) is 18.2 Å². The molecule has 1 aliphatic rings. The highest BCUT2D eigenvalue weighted by Crippen LogP contribution is 2.37. The number of hydrogen-bond acceptors (Lipinski definition) is 6. The Bertz CT molecular complexity index is 1440. The molecule has 2 N–H and O–H groups in total. The molecule has 5 rings (SSSR count). The van der Waals surface area contributed by atoms with E-state index in [2.05, 4.69) is 16.2 Å². The highest BCUT2D eigenvalue weighted by molar-refractivity contribution is 6.10. The first-order chi connectivity index (χ1) is 14.9. The average molecular weight is 416 g/mol. The Hall–Kier alpha value is -4.19. The van der Waals surface area contributed by atoms with E-state index in [-0.39, 0.29) is 18.0 Å². The van der Waals surface area contributed by atoms with Gasteiger partial charge in [-0.25, -0.2) is 9.37 Å². The molecule has 3 heterocycles. The van der Waals surface area contributed by atoms with Crippen molar-refractivity contribution in [2.75, 3.05) is 19.4 Å². The summed E-state index contributed by atoms with van der Waals surface area (Å²) in [5.41, 5.74) is 8.16. The van der Waals surface area contributed by atoms with Crippen molar-refractivity contribution < 1.29 is 13.9 Å². The number of fused-ring (bicyclic) bond motifs is 4. The van der Waals surface area contributed by atoms with Crippen LogP contribution < -0.4 is 10.5 Å². The quantitative estimate of drug-likeness (QED) is 0.538. The lowest BCUT2D eigenvalue weighted by Gasteiger charge is -2.24. The first-order valence-corrected chi connectivity index (χ1v) is 9.53. The number of ether oxygens (including phenoxy) is 1. The number of carbonyl (C=O) groups is 1. The molecular formula is C22H17FN6O2. The number of pyridine rings is 1. The highest BCUT2D eigenvalue weighted by Gasteiger charge is 2.32. The van der Waals surface area contributed by atoms with Gasteiger partial charge in [-0.15, -0.1) is 0 Å². The van der Waals surface area contributed by atoms with Crippen LogP contribution in [0.3, 0.4) is 0 Å². The third-order valence-corrected chi connectivity index (χ3v) is 5.71. The first-order valence-electron chi connectivity index (χ1n) is 9.53. The summed E-state index contributed by atoms with van der Waals surface area (Å²) in [5.74, 6) is -0.369. The number of nitrogen functional groups attached to an aromatic ring is 1. The monoisotopic (exact) mass is 416 g/mol. The molecule has 154 valence electrons. The van der Waals surface area contributed by atoms with Crippen molar-refractivity contribution in [2.45, 2.75) is 6.04 Å². The van der Waals surface area contributed by atoms with Crippen molar-refractivity contribution in [2.24, 2.45) is 7.05 Å². The van der Waals surface area contributed by atoms with Gasteiger partial charge in [0.05, 0.1) is 35.0 Å². The predicted octanol–water partition coefficient (Wildman–Crippen LogP) is 2.92. The smallest absolute Gasteiger partial charge is 0.257 e. The van der Waals surface area contributed by atoms with Crippen LogP contribution in [0.1, 0.15) is 27.5 Å². The lowest BCUT2D eigenvalue weighted by atomic mass is 10.0. The van der Waals surface area contributed by atoms with Crippen molar-refractivity contribution in [3.8, 4) is 11.8 Å². The van der Waals surface area contributed by atoms with Crippen LogP contribution in [0.4, 0.5) is 10.2 Å². The van der Waals surface area contributed by atoms with Gasteiger partial charge in [0, 0.05) is 36.5 Å². The van der Waals surface area contributed by atoms with Gasteiger partial charge in [0.2, 0.25) is 0 Å². The molecule has 1 aliphatic heterocycles. The zero-order valence-corrected chi connectivity index (χ0v) is 16.8. The number of amides is 1. The Balaban J connectivity index is 1.57. The largest absolute Gasteiger partial charge is 0.491 e. The van der Waals surface area contributed by atoms with Crippen LogP contribution in [-0.4, -0.2) is 39.2 Å². The first kappa shape index (κ1) is 18.8. The topological polar surface area (TPSA) is 110 Å². The second-order valence-corrected chi connectivity index (χ2v) is 7.48. The average Bonchev–Trinajstić information content (AvgIpc) is 3.36. The number of rotatable bonds is 2. The zero-order valence-electron chi connectivity index (χ0n) is 16.8. The van der Waals surface area contributed by atoms with E-state index in [1.807, 2.05) is 0 Å². The van der Waals surface area contributed by atoms with E-state index < -0.39 is 17.8 Å². The van der Waals surface area contributed by atoms with Crippen LogP contribution in [0.5, 0.6) is 5.75 Å². The van der Waals surface area contributed by atoms with Gasteiger partial charge in [-0.3, -0.25) is 9.48 Å². The molecule has 0 radical (unpaired) electrons. The van der Waals surface area contributed by atoms with Gasteiger partial charge in [-0.1, -0.05) is 6.07 Å². The third-order valence-electron chi connectivity index (χ3n) is 5.71. The van der Waals surface area contributed by atoms with E-state index in [1.54, 1.807) is 43.2 Å². The molecule has 0 fully saturated rings. The maximum atomic E-state index is 14.9. The highest BCUT2D eigenvalue weighted by atomic mass is 19.1. The summed E-state index contributed by atoms with van der Waals surface area (Å²) < 4.78 is 22.2. The summed E-state index contributed by atoms with van der Waals surface area (Å²) >= 11 is 0. The standard InChI is InChI=1S/C22H17FN6O2/c1-28(18-10-31-19-5-11(8-24)3-4-12(18)19)22(30)14-6-13-15-9-26-29(2)20(15)21(25)27-17(13)7-16(14)23/h3-7,9,18H,10H2,1-2H3,(H2,25,27)/t18-/m1/s1. The molecule has 0 unspecified atom stereocenters. The van der Waals surface area contributed by atoms with E-state index in [0.717, 1.165) is 5.56 Å². The minimum Gasteiger partial charge on any atom is -0.491 e. The summed E-state index contributed by atoms with van der Waals surface area (Å²) in [6, 6.07) is 9.45.